The predicted octanol–water partition coefficient (Wildman–Crippen LogP) is 5.22. The van der Waals surface area contributed by atoms with Crippen molar-refractivity contribution in [1.82, 2.24) is 5.32 Å². The summed E-state index contributed by atoms with van der Waals surface area (Å²) < 4.78 is 12.0. The number of halogens is 1. The maximum Gasteiger partial charge on any atom is 0.261 e. The molecule has 0 radical (unpaired) electrons. The van der Waals surface area contributed by atoms with E-state index in [-0.39, 0.29) is 17.6 Å². The number of aryl methyl sites for hydroxylation is 1. The maximum atomic E-state index is 12.9. The van der Waals surface area contributed by atoms with Crippen LogP contribution in [0.4, 0.5) is 0 Å². The molecule has 1 heterocycles. The van der Waals surface area contributed by atoms with Gasteiger partial charge in [0, 0.05) is 17.0 Å². The van der Waals surface area contributed by atoms with Crippen LogP contribution in [0.2, 0.25) is 5.02 Å². The number of carbonyl (C=O) groups excluding carboxylic acids is 1. The number of nitrogens with one attached hydrogen (secondary N) is 1. The molecule has 2 atom stereocenters. The molecule has 2 aromatic rings. The molecule has 0 saturated heterocycles. The first-order valence-electron chi connectivity index (χ1n) is 9.29. The Labute approximate surface area is 165 Å². The van der Waals surface area contributed by atoms with Gasteiger partial charge in [0.1, 0.15) is 17.1 Å². The molecular weight excluding hydrogens is 362 g/mol. The molecule has 27 heavy (non-hydrogen) atoms. The Bertz CT molecular complexity index is 817. The van der Waals surface area contributed by atoms with Crippen LogP contribution >= 0.6 is 11.6 Å². The van der Waals surface area contributed by atoms with E-state index in [1.807, 2.05) is 45.9 Å². The third-order valence-corrected chi connectivity index (χ3v) is 4.95. The summed E-state index contributed by atoms with van der Waals surface area (Å²) in [5.41, 5.74) is 1.79. The number of hydrogen-bond donors (Lipinski definition) is 1. The highest BCUT2D eigenvalue weighted by Gasteiger charge is 2.35. The van der Waals surface area contributed by atoms with Crippen molar-refractivity contribution >= 4 is 17.5 Å². The zero-order chi connectivity index (χ0) is 19.6. The normalized spacial score (nSPS) is 18.8. The number of ether oxygens (including phenoxy) is 2. The van der Waals surface area contributed by atoms with Crippen LogP contribution in [-0.2, 0) is 4.79 Å². The number of amides is 1. The van der Waals surface area contributed by atoms with Crippen molar-refractivity contribution in [1.29, 1.82) is 0 Å². The van der Waals surface area contributed by atoms with Crippen LogP contribution in [0.1, 0.15) is 50.8 Å². The van der Waals surface area contributed by atoms with Crippen molar-refractivity contribution in [3.8, 4) is 11.5 Å². The minimum Gasteiger partial charge on any atom is -0.487 e. The summed E-state index contributed by atoms with van der Waals surface area (Å²) in [4.78, 5) is 12.9. The number of fused-ring (bicyclic) bond motifs is 1. The van der Waals surface area contributed by atoms with Crippen LogP contribution in [-0.4, -0.2) is 17.6 Å². The largest absolute Gasteiger partial charge is 0.487 e. The van der Waals surface area contributed by atoms with Crippen molar-refractivity contribution < 1.29 is 14.3 Å². The summed E-state index contributed by atoms with van der Waals surface area (Å²) in [6.45, 7) is 8.05. The Balaban J connectivity index is 1.76. The van der Waals surface area contributed by atoms with Crippen molar-refractivity contribution in [2.75, 3.05) is 0 Å². The fraction of sp³-hybridized carbons (Fsp3) is 0.409. The van der Waals surface area contributed by atoms with Gasteiger partial charge in [-0.15, -0.1) is 0 Å². The van der Waals surface area contributed by atoms with E-state index in [1.165, 1.54) is 0 Å². The molecule has 3 rings (SSSR count). The monoisotopic (exact) mass is 387 g/mol. The Kier molecular flexibility index (Phi) is 5.66. The minimum absolute atomic E-state index is 0.111. The van der Waals surface area contributed by atoms with Crippen molar-refractivity contribution in [2.24, 2.45) is 0 Å². The lowest BCUT2D eigenvalue weighted by atomic mass is 9.89. The van der Waals surface area contributed by atoms with E-state index in [1.54, 1.807) is 24.3 Å². The Morgan fingerprint density at radius 1 is 1.30 bits per heavy atom. The molecule has 0 bridgehead atoms. The van der Waals surface area contributed by atoms with E-state index in [0.29, 0.717) is 23.6 Å². The molecule has 144 valence electrons. The number of carbonyl (C=O) groups is 1. The molecule has 5 heteroatoms. The van der Waals surface area contributed by atoms with Gasteiger partial charge in [0.05, 0.1) is 6.04 Å². The second kappa shape index (κ2) is 7.81. The SMILES string of the molecule is CCC(Oc1ccc(Cl)cc1)C(=O)NC1CC(C)(C)Oc2cc(C)ccc21. The first-order valence-corrected chi connectivity index (χ1v) is 9.67. The Morgan fingerprint density at radius 3 is 2.67 bits per heavy atom. The van der Waals surface area contributed by atoms with Crippen LogP contribution in [0.3, 0.4) is 0 Å². The molecule has 4 nitrogen and oxygen atoms in total. The summed E-state index contributed by atoms with van der Waals surface area (Å²) in [5.74, 6) is 1.34. The maximum absolute atomic E-state index is 12.9. The fourth-order valence-corrected chi connectivity index (χ4v) is 3.48. The molecule has 0 aromatic heterocycles. The second-order valence-corrected chi connectivity index (χ2v) is 8.07. The van der Waals surface area contributed by atoms with Gasteiger partial charge in [0.15, 0.2) is 6.10 Å². The highest BCUT2D eigenvalue weighted by molar-refractivity contribution is 6.30. The van der Waals surface area contributed by atoms with E-state index in [9.17, 15) is 4.79 Å². The summed E-state index contributed by atoms with van der Waals surface area (Å²) in [6, 6.07) is 13.0. The third kappa shape index (κ3) is 4.75. The molecule has 1 N–H and O–H groups in total. The summed E-state index contributed by atoms with van der Waals surface area (Å²) in [5, 5.41) is 3.80. The van der Waals surface area contributed by atoms with Gasteiger partial charge in [-0.1, -0.05) is 30.7 Å². The predicted molar refractivity (Wildman–Crippen MR) is 108 cm³/mol. The molecule has 2 unspecified atom stereocenters. The Hall–Kier alpha value is -2.20. The lowest BCUT2D eigenvalue weighted by Gasteiger charge is -2.38. The summed E-state index contributed by atoms with van der Waals surface area (Å²) in [6.07, 6.45) is 0.708. The van der Waals surface area contributed by atoms with E-state index >= 15 is 0 Å². The molecule has 0 saturated carbocycles. The van der Waals surface area contributed by atoms with E-state index < -0.39 is 6.10 Å². The second-order valence-electron chi connectivity index (χ2n) is 7.64. The highest BCUT2D eigenvalue weighted by atomic mass is 35.5. The van der Waals surface area contributed by atoms with E-state index in [0.717, 1.165) is 16.9 Å². The van der Waals surface area contributed by atoms with Crippen molar-refractivity contribution in [3.63, 3.8) is 0 Å². The van der Waals surface area contributed by atoms with E-state index in [4.69, 9.17) is 21.1 Å². The van der Waals surface area contributed by atoms with Gasteiger partial charge in [-0.3, -0.25) is 4.79 Å². The van der Waals surface area contributed by atoms with Gasteiger partial charge in [-0.05, 0) is 63.1 Å². The first-order chi connectivity index (χ1) is 12.8. The average Bonchev–Trinajstić information content (AvgIpc) is 2.59. The molecular formula is C22H26ClNO3. The zero-order valence-corrected chi connectivity index (χ0v) is 17.0. The molecule has 0 spiro atoms. The van der Waals surface area contributed by atoms with Gasteiger partial charge in [0.2, 0.25) is 0 Å². The number of benzene rings is 2. The molecule has 2 aromatic carbocycles. The topological polar surface area (TPSA) is 47.6 Å². The summed E-state index contributed by atoms with van der Waals surface area (Å²) >= 11 is 5.91. The molecule has 1 aliphatic heterocycles. The number of rotatable bonds is 5. The molecule has 1 aliphatic rings. The van der Waals surface area contributed by atoms with Crippen molar-refractivity contribution in [2.45, 2.75) is 58.3 Å². The van der Waals surface area contributed by atoms with Crippen molar-refractivity contribution in [3.05, 3.63) is 58.6 Å². The average molecular weight is 388 g/mol. The van der Waals surface area contributed by atoms with Gasteiger partial charge in [0.25, 0.3) is 5.91 Å². The lowest BCUT2D eigenvalue weighted by molar-refractivity contribution is -0.129. The van der Waals surface area contributed by atoms with Crippen LogP contribution < -0.4 is 14.8 Å². The molecule has 0 aliphatic carbocycles. The van der Waals surface area contributed by atoms with Gasteiger partial charge in [-0.25, -0.2) is 0 Å². The lowest BCUT2D eigenvalue weighted by Crippen LogP contribution is -2.45. The van der Waals surface area contributed by atoms with Crippen LogP contribution in [0.5, 0.6) is 11.5 Å². The van der Waals surface area contributed by atoms with Crippen LogP contribution in [0, 0.1) is 6.92 Å². The third-order valence-electron chi connectivity index (χ3n) is 4.70. The smallest absolute Gasteiger partial charge is 0.261 e. The highest BCUT2D eigenvalue weighted by Crippen LogP contribution is 2.40. The van der Waals surface area contributed by atoms with Gasteiger partial charge in [-0.2, -0.15) is 0 Å². The number of hydrogen-bond acceptors (Lipinski definition) is 3. The van der Waals surface area contributed by atoms with Gasteiger partial charge >= 0.3 is 0 Å². The van der Waals surface area contributed by atoms with Crippen LogP contribution in [0.15, 0.2) is 42.5 Å². The van der Waals surface area contributed by atoms with E-state index in [2.05, 4.69) is 5.32 Å². The fourth-order valence-electron chi connectivity index (χ4n) is 3.35. The molecule has 1 amide bonds. The van der Waals surface area contributed by atoms with Gasteiger partial charge < -0.3 is 14.8 Å². The quantitative estimate of drug-likeness (QED) is 0.764. The molecule has 0 fully saturated rings. The Morgan fingerprint density at radius 2 is 2.00 bits per heavy atom. The summed E-state index contributed by atoms with van der Waals surface area (Å²) in [7, 11) is 0. The zero-order valence-electron chi connectivity index (χ0n) is 16.2. The van der Waals surface area contributed by atoms with Crippen LogP contribution in [0.25, 0.3) is 0 Å². The minimum atomic E-state index is -0.564. The standard InChI is InChI=1S/C22H26ClNO3/c1-5-19(26-16-9-7-15(23)8-10-16)21(25)24-18-13-22(3,4)27-20-12-14(2)6-11-17(18)20/h6-12,18-19H,5,13H2,1-4H3,(H,24,25). The first kappa shape index (κ1) is 19.6.